The highest BCUT2D eigenvalue weighted by Crippen LogP contribution is 2.38. The van der Waals surface area contributed by atoms with Crippen molar-refractivity contribution in [1.29, 1.82) is 0 Å². The highest BCUT2D eigenvalue weighted by Gasteiger charge is 2.32. The predicted molar refractivity (Wildman–Crippen MR) is 152 cm³/mol. The van der Waals surface area contributed by atoms with Crippen molar-refractivity contribution in [3.8, 4) is 23.0 Å². The first kappa shape index (κ1) is 25.2. The lowest BCUT2D eigenvalue weighted by molar-refractivity contribution is 0.0775. The van der Waals surface area contributed by atoms with E-state index >= 15 is 0 Å². The molecule has 2 saturated heterocycles. The van der Waals surface area contributed by atoms with Gasteiger partial charge in [0.05, 0.1) is 24.4 Å². The van der Waals surface area contributed by atoms with Crippen molar-refractivity contribution < 1.29 is 23.7 Å². The highest BCUT2D eigenvalue weighted by atomic mass is 16.7. The molecule has 0 aromatic heterocycles. The average molecular weight is 543 g/mol. The van der Waals surface area contributed by atoms with Crippen LogP contribution >= 0.6 is 0 Å². The van der Waals surface area contributed by atoms with Crippen molar-refractivity contribution in [2.45, 2.75) is 25.4 Å². The molecule has 9 heteroatoms. The zero-order valence-corrected chi connectivity index (χ0v) is 22.8. The molecule has 2 fully saturated rings. The van der Waals surface area contributed by atoms with Gasteiger partial charge in [-0.25, -0.2) is 0 Å². The van der Waals surface area contributed by atoms with Gasteiger partial charge in [-0.1, -0.05) is 6.07 Å². The van der Waals surface area contributed by atoms with Crippen molar-refractivity contribution in [2.75, 3.05) is 59.8 Å². The van der Waals surface area contributed by atoms with Crippen molar-refractivity contribution in [3.63, 3.8) is 0 Å². The van der Waals surface area contributed by atoms with Gasteiger partial charge in [0.2, 0.25) is 6.79 Å². The third-order valence-corrected chi connectivity index (χ3v) is 8.39. The van der Waals surface area contributed by atoms with Crippen LogP contribution in [0.2, 0.25) is 0 Å². The Hall–Kier alpha value is -3.82. The molecule has 0 aliphatic carbocycles. The standard InChI is InChI=1S/C31H34N4O5/c1-37-28-16-23-15-26-25(31(36)35-6-2-3-24(35)18-32-26)14-22(23)17-30(28)38-12-11-33-7-9-34(10-8-33)19-21-4-5-27-29(13-21)40-20-39-27/h4-5,13-18,24H,2-3,6-12,19-20H2,1H3/t24-/m0/s1. The molecule has 7 rings (SSSR count). The first-order valence-electron chi connectivity index (χ1n) is 14.1. The molecular formula is C31H34N4O5. The maximum absolute atomic E-state index is 13.3. The number of carbonyl (C=O) groups excluding carboxylic acids is 1. The van der Waals surface area contributed by atoms with Gasteiger partial charge in [-0.3, -0.25) is 19.6 Å². The van der Waals surface area contributed by atoms with E-state index in [1.165, 1.54) is 5.56 Å². The molecule has 0 N–H and O–H groups in total. The molecule has 0 bridgehead atoms. The number of methoxy groups -OCH3 is 1. The summed E-state index contributed by atoms with van der Waals surface area (Å²) in [5, 5.41) is 1.93. The number of rotatable bonds is 7. The first-order valence-corrected chi connectivity index (χ1v) is 14.1. The van der Waals surface area contributed by atoms with E-state index < -0.39 is 0 Å². The van der Waals surface area contributed by atoms with Crippen LogP contribution in [0.5, 0.6) is 23.0 Å². The number of aliphatic imine (C=N–C) groups is 1. The first-order chi connectivity index (χ1) is 19.6. The molecule has 4 heterocycles. The van der Waals surface area contributed by atoms with Crippen LogP contribution in [0, 0.1) is 0 Å². The Labute approximate surface area is 233 Å². The summed E-state index contributed by atoms with van der Waals surface area (Å²) in [5.74, 6) is 3.11. The summed E-state index contributed by atoms with van der Waals surface area (Å²) in [6.45, 7) is 7.41. The van der Waals surface area contributed by atoms with E-state index in [1.54, 1.807) is 7.11 Å². The molecule has 208 valence electrons. The normalized spacial score (nSPS) is 20.5. The van der Waals surface area contributed by atoms with Gasteiger partial charge in [0.25, 0.3) is 5.91 Å². The molecule has 0 saturated carbocycles. The van der Waals surface area contributed by atoms with Gasteiger partial charge in [-0.05, 0) is 65.6 Å². The minimum absolute atomic E-state index is 0.0628. The number of benzene rings is 3. The minimum atomic E-state index is 0.0628. The lowest BCUT2D eigenvalue weighted by Crippen LogP contribution is -2.47. The summed E-state index contributed by atoms with van der Waals surface area (Å²) in [7, 11) is 1.66. The smallest absolute Gasteiger partial charge is 0.256 e. The van der Waals surface area contributed by atoms with Crippen LogP contribution in [0.1, 0.15) is 28.8 Å². The third-order valence-electron chi connectivity index (χ3n) is 8.39. The van der Waals surface area contributed by atoms with Crippen LogP contribution in [0.3, 0.4) is 0 Å². The third kappa shape index (κ3) is 4.84. The number of nitrogens with zero attached hydrogens (tertiary/aromatic N) is 4. The van der Waals surface area contributed by atoms with E-state index in [-0.39, 0.29) is 11.9 Å². The maximum Gasteiger partial charge on any atom is 0.256 e. The monoisotopic (exact) mass is 542 g/mol. The fourth-order valence-electron chi connectivity index (χ4n) is 6.12. The lowest BCUT2D eigenvalue weighted by Gasteiger charge is -2.34. The van der Waals surface area contributed by atoms with E-state index in [0.717, 1.165) is 86.6 Å². The van der Waals surface area contributed by atoms with E-state index in [4.69, 9.17) is 18.9 Å². The molecular weight excluding hydrogens is 508 g/mol. The summed E-state index contributed by atoms with van der Waals surface area (Å²) in [4.78, 5) is 24.8. The second-order valence-corrected chi connectivity index (χ2v) is 10.9. The molecule has 3 aromatic rings. The van der Waals surface area contributed by atoms with E-state index in [1.807, 2.05) is 41.4 Å². The van der Waals surface area contributed by atoms with Gasteiger partial charge in [-0.15, -0.1) is 0 Å². The zero-order chi connectivity index (χ0) is 27.1. The number of hydrogen-bond acceptors (Lipinski definition) is 8. The topological polar surface area (TPSA) is 76.1 Å². The number of piperazine rings is 1. The molecule has 0 unspecified atom stereocenters. The van der Waals surface area contributed by atoms with Crippen LogP contribution in [0.4, 0.5) is 5.69 Å². The Morgan fingerprint density at radius 2 is 1.73 bits per heavy atom. The second kappa shape index (κ2) is 10.6. The van der Waals surface area contributed by atoms with Crippen molar-refractivity contribution in [2.24, 2.45) is 4.99 Å². The number of fused-ring (bicyclic) bond motifs is 4. The van der Waals surface area contributed by atoms with Gasteiger partial charge >= 0.3 is 0 Å². The molecule has 1 atom stereocenters. The quantitative estimate of drug-likeness (QED) is 0.445. The molecule has 1 amide bonds. The second-order valence-electron chi connectivity index (χ2n) is 10.9. The average Bonchev–Trinajstić information content (AvgIpc) is 3.63. The Bertz CT molecular complexity index is 1470. The summed E-state index contributed by atoms with van der Waals surface area (Å²) in [6.07, 6.45) is 3.92. The molecule has 4 aliphatic heterocycles. The number of amides is 1. The van der Waals surface area contributed by atoms with Crippen LogP contribution in [-0.4, -0.2) is 92.6 Å². The lowest BCUT2D eigenvalue weighted by atomic mass is 10.0. The van der Waals surface area contributed by atoms with Crippen molar-refractivity contribution >= 4 is 28.6 Å². The summed E-state index contributed by atoms with van der Waals surface area (Å²) >= 11 is 0. The van der Waals surface area contributed by atoms with Crippen LogP contribution in [0.15, 0.2) is 47.5 Å². The Balaban J connectivity index is 0.975. The van der Waals surface area contributed by atoms with Gasteiger partial charge in [0.15, 0.2) is 23.0 Å². The zero-order valence-electron chi connectivity index (χ0n) is 22.8. The molecule has 3 aromatic carbocycles. The number of hydrogen-bond donors (Lipinski definition) is 0. The molecule has 4 aliphatic rings. The van der Waals surface area contributed by atoms with Crippen LogP contribution < -0.4 is 18.9 Å². The van der Waals surface area contributed by atoms with Gasteiger partial charge in [-0.2, -0.15) is 0 Å². The fourth-order valence-corrected chi connectivity index (χ4v) is 6.12. The molecule has 40 heavy (non-hydrogen) atoms. The number of ether oxygens (including phenoxy) is 4. The summed E-state index contributed by atoms with van der Waals surface area (Å²) in [5.41, 5.74) is 2.62. The van der Waals surface area contributed by atoms with E-state index in [9.17, 15) is 4.79 Å². The van der Waals surface area contributed by atoms with Crippen LogP contribution in [-0.2, 0) is 6.54 Å². The van der Waals surface area contributed by atoms with Gasteiger partial charge in [0, 0.05) is 52.0 Å². The Morgan fingerprint density at radius 1 is 0.925 bits per heavy atom. The molecule has 0 spiro atoms. The SMILES string of the molecule is COc1cc2cc3c(cc2cc1OCCN1CCN(Cc2ccc4c(c2)OCO4)CC1)C(=O)N1CCC[C@H]1C=N3. The predicted octanol–water partition coefficient (Wildman–Crippen LogP) is 4.09. The summed E-state index contributed by atoms with van der Waals surface area (Å²) in [6, 6.07) is 14.2. The fraction of sp³-hybridized carbons (Fsp3) is 0.419. The minimum Gasteiger partial charge on any atom is -0.493 e. The van der Waals surface area contributed by atoms with Crippen molar-refractivity contribution in [1.82, 2.24) is 14.7 Å². The molecule has 0 radical (unpaired) electrons. The Kier molecular flexibility index (Phi) is 6.69. The Morgan fingerprint density at radius 3 is 2.60 bits per heavy atom. The summed E-state index contributed by atoms with van der Waals surface area (Å²) < 4.78 is 22.9. The largest absolute Gasteiger partial charge is 0.493 e. The maximum atomic E-state index is 13.3. The number of carbonyl (C=O) groups is 1. The molecule has 9 nitrogen and oxygen atoms in total. The van der Waals surface area contributed by atoms with E-state index in [0.29, 0.717) is 30.5 Å². The van der Waals surface area contributed by atoms with Crippen molar-refractivity contribution in [3.05, 3.63) is 53.6 Å². The van der Waals surface area contributed by atoms with Gasteiger partial charge < -0.3 is 23.8 Å². The highest BCUT2D eigenvalue weighted by molar-refractivity contribution is 6.07. The van der Waals surface area contributed by atoms with E-state index in [2.05, 4.69) is 26.9 Å². The van der Waals surface area contributed by atoms with Gasteiger partial charge in [0.1, 0.15) is 6.61 Å². The van der Waals surface area contributed by atoms with Crippen LogP contribution in [0.25, 0.3) is 10.8 Å².